The van der Waals surface area contributed by atoms with E-state index in [0.29, 0.717) is 33.9 Å². The zero-order chi connectivity index (χ0) is 34.0. The molecule has 0 saturated carbocycles. The first-order valence-corrected chi connectivity index (χ1v) is 15.5. The molecule has 1 aromatic heterocycles. The maximum Gasteiger partial charge on any atom is 0.416 e. The fourth-order valence-corrected chi connectivity index (χ4v) is 5.61. The zero-order valence-corrected chi connectivity index (χ0v) is 27.0. The summed E-state index contributed by atoms with van der Waals surface area (Å²) < 4.78 is 42.7. The van der Waals surface area contributed by atoms with E-state index in [4.69, 9.17) is 10.2 Å². The molecule has 250 valence electrons. The summed E-state index contributed by atoms with van der Waals surface area (Å²) in [5, 5.41) is 18.7. The van der Waals surface area contributed by atoms with E-state index in [1.165, 1.54) is 12.4 Å². The topological polar surface area (TPSA) is 135 Å². The summed E-state index contributed by atoms with van der Waals surface area (Å²) in [5.74, 6) is 7.09. The highest BCUT2D eigenvalue weighted by Gasteiger charge is 2.34. The van der Waals surface area contributed by atoms with Gasteiger partial charge in [-0.15, -0.1) is 0 Å². The summed E-state index contributed by atoms with van der Waals surface area (Å²) in [4.78, 5) is 21.5. The minimum Gasteiger partial charge on any atom is -0.372 e. The molecule has 2 aromatic carbocycles. The number of aryl methyl sites for hydroxylation is 1. The van der Waals surface area contributed by atoms with E-state index in [1.807, 2.05) is 26.1 Å². The van der Waals surface area contributed by atoms with E-state index >= 15 is 0 Å². The Bertz CT molecular complexity index is 1600. The third-order valence-electron chi connectivity index (χ3n) is 8.31. The van der Waals surface area contributed by atoms with Crippen molar-refractivity contribution in [2.45, 2.75) is 38.5 Å². The van der Waals surface area contributed by atoms with Gasteiger partial charge in [-0.05, 0) is 80.2 Å². The lowest BCUT2D eigenvalue weighted by atomic mass is 9.95. The number of amides is 1. The molecule has 0 spiro atoms. The Hall–Kier alpha value is -4.51. The standard InChI is InChI=1S/C33H39F3N8.CH3NO/c1-22-4-5-24(25-6-7-26(28(19-25)33(34,35)36)20-44-16-14-43(3)15-17-44)18-23(22)8-9-29(37)30-31(38-2)40-21-41-32(30)42-27-10-12-39-13-11-27;2-1-3/h4-7,18-19,21,27,37,39H,10-17,20H2,1-3H3,(H2,38,40,41,42);1H,(H2,2,3). The average Bonchev–Trinajstić information content (AvgIpc) is 3.05. The van der Waals surface area contributed by atoms with Gasteiger partial charge in [-0.2, -0.15) is 13.2 Å². The Kier molecular flexibility index (Phi) is 12.3. The number of carbonyl (C=O) groups is 1. The van der Waals surface area contributed by atoms with E-state index < -0.39 is 11.7 Å². The number of aromatic nitrogens is 2. The largest absolute Gasteiger partial charge is 0.416 e. The van der Waals surface area contributed by atoms with Crippen LogP contribution in [0.1, 0.15) is 40.7 Å². The number of alkyl halides is 3. The van der Waals surface area contributed by atoms with Crippen LogP contribution in [0.3, 0.4) is 0 Å². The number of rotatable bonds is 7. The van der Waals surface area contributed by atoms with Crippen LogP contribution >= 0.6 is 0 Å². The van der Waals surface area contributed by atoms with E-state index in [-0.39, 0.29) is 30.3 Å². The Morgan fingerprint density at radius 2 is 1.72 bits per heavy atom. The molecule has 3 aromatic rings. The number of piperazine rings is 1. The molecule has 3 heterocycles. The number of halogens is 3. The number of primary amides is 1. The molecule has 5 rings (SSSR count). The first-order valence-electron chi connectivity index (χ1n) is 15.5. The number of piperidine rings is 1. The van der Waals surface area contributed by atoms with Crippen molar-refractivity contribution in [1.29, 1.82) is 5.41 Å². The summed E-state index contributed by atoms with van der Waals surface area (Å²) in [5.41, 5.74) is 6.98. The molecule has 2 saturated heterocycles. The number of hydrogen-bond acceptors (Lipinski definition) is 9. The van der Waals surface area contributed by atoms with Crippen molar-refractivity contribution < 1.29 is 18.0 Å². The van der Waals surface area contributed by atoms with Gasteiger partial charge < -0.3 is 26.6 Å². The molecule has 2 aliphatic heterocycles. The Morgan fingerprint density at radius 1 is 1.09 bits per heavy atom. The molecular weight excluding hydrogens is 607 g/mol. The van der Waals surface area contributed by atoms with Crippen molar-refractivity contribution >= 4 is 23.8 Å². The molecule has 0 atom stereocenters. The second-order valence-corrected chi connectivity index (χ2v) is 11.6. The normalized spacial score (nSPS) is 15.9. The highest BCUT2D eigenvalue weighted by atomic mass is 19.4. The van der Waals surface area contributed by atoms with Gasteiger partial charge in [0.15, 0.2) is 0 Å². The number of nitrogens with two attached hydrogens (primary N) is 1. The molecule has 47 heavy (non-hydrogen) atoms. The predicted molar refractivity (Wildman–Crippen MR) is 179 cm³/mol. The van der Waals surface area contributed by atoms with Crippen LogP contribution in [0.15, 0.2) is 42.7 Å². The second kappa shape index (κ2) is 16.4. The number of anilines is 2. The minimum absolute atomic E-state index is 0.0452. The lowest BCUT2D eigenvalue weighted by Crippen LogP contribution is -2.44. The third-order valence-corrected chi connectivity index (χ3v) is 8.31. The van der Waals surface area contributed by atoms with E-state index in [0.717, 1.165) is 57.7 Å². The van der Waals surface area contributed by atoms with Crippen LogP contribution in [0.2, 0.25) is 0 Å². The third kappa shape index (κ3) is 9.51. The maximum atomic E-state index is 14.2. The molecular formula is C34H42F3N9O. The fourth-order valence-electron chi connectivity index (χ4n) is 5.61. The van der Waals surface area contributed by atoms with Crippen LogP contribution in [0.5, 0.6) is 0 Å². The molecule has 0 unspecified atom stereocenters. The summed E-state index contributed by atoms with van der Waals surface area (Å²) >= 11 is 0. The SMILES string of the molecule is CNc1ncnc(NC2CCNCC2)c1C(=N)C#Cc1cc(-c2ccc(CN3CCN(C)CC3)c(C(F)(F)F)c2)ccc1C.NC=O. The van der Waals surface area contributed by atoms with Gasteiger partial charge in [0, 0.05) is 51.4 Å². The molecule has 0 aliphatic carbocycles. The molecule has 1 amide bonds. The lowest BCUT2D eigenvalue weighted by Gasteiger charge is -2.33. The van der Waals surface area contributed by atoms with E-state index in [2.05, 4.69) is 53.3 Å². The van der Waals surface area contributed by atoms with Crippen LogP contribution in [0.25, 0.3) is 11.1 Å². The van der Waals surface area contributed by atoms with Crippen LogP contribution in [0.4, 0.5) is 24.8 Å². The summed E-state index contributed by atoms with van der Waals surface area (Å²) in [6, 6.07) is 10.3. The minimum atomic E-state index is -4.47. The quantitative estimate of drug-likeness (QED) is 0.148. The van der Waals surface area contributed by atoms with Crippen molar-refractivity contribution in [3.05, 3.63) is 70.5 Å². The number of carbonyl (C=O) groups excluding carboxylic acids is 1. The lowest BCUT2D eigenvalue weighted by molar-refractivity contribution is -0.138. The number of nitrogens with zero attached hydrogens (tertiary/aromatic N) is 4. The monoisotopic (exact) mass is 649 g/mol. The molecule has 0 bridgehead atoms. The van der Waals surface area contributed by atoms with Crippen molar-refractivity contribution in [3.63, 3.8) is 0 Å². The molecule has 13 heteroatoms. The first kappa shape index (κ1) is 35.3. The molecule has 0 radical (unpaired) electrons. The summed E-state index contributed by atoms with van der Waals surface area (Å²) in [6.07, 6.45) is -0.881. The zero-order valence-electron chi connectivity index (χ0n) is 27.0. The Morgan fingerprint density at radius 3 is 2.38 bits per heavy atom. The highest BCUT2D eigenvalue weighted by Crippen LogP contribution is 2.36. The number of nitrogens with one attached hydrogen (secondary N) is 4. The van der Waals surface area contributed by atoms with Gasteiger partial charge in [-0.3, -0.25) is 15.1 Å². The molecule has 2 aliphatic rings. The highest BCUT2D eigenvalue weighted by molar-refractivity contribution is 6.16. The van der Waals surface area contributed by atoms with Crippen molar-refractivity contribution in [1.82, 2.24) is 25.1 Å². The maximum absolute atomic E-state index is 14.2. The summed E-state index contributed by atoms with van der Waals surface area (Å²) in [7, 11) is 3.76. The average molecular weight is 650 g/mol. The first-order chi connectivity index (χ1) is 22.5. The smallest absolute Gasteiger partial charge is 0.372 e. The Labute approximate surface area is 273 Å². The molecule has 6 N–H and O–H groups in total. The van der Waals surface area contributed by atoms with Crippen LogP contribution in [-0.2, 0) is 17.5 Å². The van der Waals surface area contributed by atoms with Gasteiger partial charge in [0.25, 0.3) is 0 Å². The van der Waals surface area contributed by atoms with Gasteiger partial charge >= 0.3 is 6.18 Å². The summed E-state index contributed by atoms with van der Waals surface area (Å²) in [6.45, 7) is 7.15. The van der Waals surface area contributed by atoms with Crippen LogP contribution in [0, 0.1) is 24.2 Å². The second-order valence-electron chi connectivity index (χ2n) is 11.6. The number of benzene rings is 2. The van der Waals surface area contributed by atoms with Crippen molar-refractivity contribution in [2.75, 3.05) is 64.0 Å². The number of likely N-dealkylation sites (N-methyl/N-ethyl adjacent to an activating group) is 1. The molecule has 10 nitrogen and oxygen atoms in total. The van der Waals surface area contributed by atoms with Crippen LogP contribution < -0.4 is 21.7 Å². The van der Waals surface area contributed by atoms with Crippen molar-refractivity contribution in [2.24, 2.45) is 5.73 Å². The predicted octanol–water partition coefficient (Wildman–Crippen LogP) is 3.94. The van der Waals surface area contributed by atoms with Gasteiger partial charge in [-0.1, -0.05) is 30.2 Å². The van der Waals surface area contributed by atoms with E-state index in [9.17, 15) is 13.2 Å². The Balaban J connectivity index is 0.00000160. The molecule has 2 fully saturated rings. The van der Waals surface area contributed by atoms with Gasteiger partial charge in [0.1, 0.15) is 23.7 Å². The van der Waals surface area contributed by atoms with Crippen molar-refractivity contribution in [3.8, 4) is 23.0 Å². The van der Waals surface area contributed by atoms with Gasteiger partial charge in [-0.25, -0.2) is 9.97 Å². The van der Waals surface area contributed by atoms with Gasteiger partial charge in [0.05, 0.1) is 11.1 Å². The number of hydrogen-bond donors (Lipinski definition) is 5. The van der Waals surface area contributed by atoms with Crippen LogP contribution in [-0.4, -0.2) is 91.3 Å². The van der Waals surface area contributed by atoms with Gasteiger partial charge in [0.2, 0.25) is 6.41 Å². The van der Waals surface area contributed by atoms with E-state index in [1.54, 1.807) is 25.2 Å². The fraction of sp³-hybridized carbons (Fsp3) is 0.412.